The van der Waals surface area contributed by atoms with Gasteiger partial charge in [-0.25, -0.2) is 0 Å². The van der Waals surface area contributed by atoms with Gasteiger partial charge in [-0.2, -0.15) is 0 Å². The SMILES string of the molecule is Cc1cc(N(C)CC(O)CO)c2c(oc3ccccc32)c1N. The lowest BCUT2D eigenvalue weighted by atomic mass is 10.1. The van der Waals surface area contributed by atoms with Gasteiger partial charge in [0.05, 0.1) is 23.8 Å². The van der Waals surface area contributed by atoms with Gasteiger partial charge in [-0.1, -0.05) is 18.2 Å². The number of nitrogens with zero attached hydrogens (tertiary/aromatic N) is 1. The molecule has 4 N–H and O–H groups in total. The van der Waals surface area contributed by atoms with Gasteiger partial charge < -0.3 is 25.3 Å². The summed E-state index contributed by atoms with van der Waals surface area (Å²) < 4.78 is 5.92. The van der Waals surface area contributed by atoms with Crippen molar-refractivity contribution in [3.8, 4) is 0 Å². The number of aryl methyl sites for hydroxylation is 1. The van der Waals surface area contributed by atoms with Crippen LogP contribution in [0.25, 0.3) is 21.9 Å². The summed E-state index contributed by atoms with van der Waals surface area (Å²) in [5, 5.41) is 20.7. The number of likely N-dealkylation sites (N-methyl/N-ethyl adjacent to an activating group) is 1. The van der Waals surface area contributed by atoms with E-state index in [1.807, 2.05) is 49.2 Å². The second kappa shape index (κ2) is 5.51. The molecule has 116 valence electrons. The highest BCUT2D eigenvalue weighted by Crippen LogP contribution is 2.40. The topological polar surface area (TPSA) is 82.9 Å². The molecule has 0 amide bonds. The van der Waals surface area contributed by atoms with Gasteiger partial charge in [0.1, 0.15) is 5.58 Å². The minimum absolute atomic E-state index is 0.270. The van der Waals surface area contributed by atoms with E-state index >= 15 is 0 Å². The molecule has 0 saturated carbocycles. The van der Waals surface area contributed by atoms with Crippen LogP contribution in [0.2, 0.25) is 0 Å². The van der Waals surface area contributed by atoms with Gasteiger partial charge in [0.2, 0.25) is 0 Å². The van der Waals surface area contributed by atoms with Gasteiger partial charge in [0, 0.05) is 24.7 Å². The predicted octanol–water partition coefficient (Wildman–Crippen LogP) is 2.27. The van der Waals surface area contributed by atoms with Crippen LogP contribution in [-0.2, 0) is 0 Å². The maximum absolute atomic E-state index is 9.71. The lowest BCUT2D eigenvalue weighted by molar-refractivity contribution is 0.101. The summed E-state index contributed by atoms with van der Waals surface area (Å²) in [4.78, 5) is 1.91. The highest BCUT2D eigenvalue weighted by molar-refractivity contribution is 6.15. The summed E-state index contributed by atoms with van der Waals surface area (Å²) in [6, 6.07) is 9.78. The van der Waals surface area contributed by atoms with Crippen LogP contribution >= 0.6 is 0 Å². The normalized spacial score (nSPS) is 12.9. The Morgan fingerprint density at radius 3 is 2.77 bits per heavy atom. The molecule has 1 unspecified atom stereocenters. The number of hydrogen-bond donors (Lipinski definition) is 3. The fraction of sp³-hybridized carbons (Fsp3) is 0.294. The molecule has 0 aliphatic rings. The summed E-state index contributed by atoms with van der Waals surface area (Å²) in [6.07, 6.45) is -0.795. The molecule has 3 rings (SSSR count). The van der Waals surface area contributed by atoms with E-state index in [-0.39, 0.29) is 6.61 Å². The summed E-state index contributed by atoms with van der Waals surface area (Å²) >= 11 is 0. The van der Waals surface area contributed by atoms with Crippen molar-refractivity contribution in [2.75, 3.05) is 30.8 Å². The van der Waals surface area contributed by atoms with Crippen molar-refractivity contribution in [3.63, 3.8) is 0 Å². The highest BCUT2D eigenvalue weighted by atomic mass is 16.3. The molecule has 2 aromatic carbocycles. The molecule has 1 heterocycles. The lowest BCUT2D eigenvalue weighted by Crippen LogP contribution is -2.31. The molecule has 3 aromatic rings. The average Bonchev–Trinajstić information content (AvgIpc) is 2.90. The molecule has 0 aliphatic heterocycles. The number of furan rings is 1. The van der Waals surface area contributed by atoms with Crippen LogP contribution in [0.5, 0.6) is 0 Å². The van der Waals surface area contributed by atoms with E-state index < -0.39 is 6.10 Å². The molecule has 5 heteroatoms. The highest BCUT2D eigenvalue weighted by Gasteiger charge is 2.19. The van der Waals surface area contributed by atoms with Crippen molar-refractivity contribution in [3.05, 3.63) is 35.9 Å². The van der Waals surface area contributed by atoms with Crippen molar-refractivity contribution in [2.24, 2.45) is 0 Å². The molecule has 5 nitrogen and oxygen atoms in total. The Labute approximate surface area is 128 Å². The van der Waals surface area contributed by atoms with E-state index in [1.54, 1.807) is 0 Å². The number of aliphatic hydroxyl groups is 2. The zero-order valence-electron chi connectivity index (χ0n) is 12.7. The number of fused-ring (bicyclic) bond motifs is 3. The number of rotatable bonds is 4. The summed E-state index contributed by atoms with van der Waals surface area (Å²) in [6.45, 7) is 1.99. The molecule has 0 saturated heterocycles. The average molecular weight is 300 g/mol. The summed E-state index contributed by atoms with van der Waals surface area (Å²) in [7, 11) is 1.88. The molecule has 0 radical (unpaired) electrons. The zero-order valence-corrected chi connectivity index (χ0v) is 12.7. The first-order valence-electron chi connectivity index (χ1n) is 7.23. The molecule has 1 atom stereocenters. The maximum atomic E-state index is 9.71. The van der Waals surface area contributed by atoms with E-state index in [0.29, 0.717) is 17.8 Å². The van der Waals surface area contributed by atoms with Gasteiger partial charge in [0.25, 0.3) is 0 Å². The minimum Gasteiger partial charge on any atom is -0.454 e. The fourth-order valence-corrected chi connectivity index (χ4v) is 2.80. The number of benzene rings is 2. The Bertz CT molecular complexity index is 825. The Kier molecular flexibility index (Phi) is 3.68. The number of hydrogen-bond acceptors (Lipinski definition) is 5. The van der Waals surface area contributed by atoms with Crippen LogP contribution in [0.3, 0.4) is 0 Å². The largest absolute Gasteiger partial charge is 0.454 e. The lowest BCUT2D eigenvalue weighted by Gasteiger charge is -2.23. The van der Waals surface area contributed by atoms with Crippen molar-refractivity contribution in [1.82, 2.24) is 0 Å². The minimum atomic E-state index is -0.795. The first kappa shape index (κ1) is 14.7. The predicted molar refractivity (Wildman–Crippen MR) is 89.2 cm³/mol. The maximum Gasteiger partial charge on any atom is 0.160 e. The second-order valence-electron chi connectivity index (χ2n) is 5.65. The second-order valence-corrected chi connectivity index (χ2v) is 5.65. The number of aliphatic hydroxyl groups excluding tert-OH is 2. The standard InChI is InChI=1S/C17H20N2O3/c1-10-7-13(19(2)8-11(21)9-20)15-12-5-3-4-6-14(12)22-17(15)16(10)18/h3-7,11,20-21H,8-9,18H2,1-2H3. The van der Waals surface area contributed by atoms with Crippen LogP contribution in [0.15, 0.2) is 34.7 Å². The number of nitrogens with two attached hydrogens (primary N) is 1. The Morgan fingerprint density at radius 1 is 1.32 bits per heavy atom. The van der Waals surface area contributed by atoms with Crippen LogP contribution in [-0.4, -0.2) is 36.5 Å². The molecule has 0 spiro atoms. The van der Waals surface area contributed by atoms with E-state index in [0.717, 1.165) is 27.6 Å². The van der Waals surface area contributed by atoms with Crippen molar-refractivity contribution < 1.29 is 14.6 Å². The third kappa shape index (κ3) is 2.28. The molecule has 0 aliphatic carbocycles. The van der Waals surface area contributed by atoms with Gasteiger partial charge in [0.15, 0.2) is 5.58 Å². The summed E-state index contributed by atoms with van der Waals surface area (Å²) in [5.41, 5.74) is 10.1. The number of para-hydroxylation sites is 1. The van der Waals surface area contributed by atoms with Gasteiger partial charge in [-0.05, 0) is 24.6 Å². The van der Waals surface area contributed by atoms with Crippen molar-refractivity contribution in [1.29, 1.82) is 0 Å². The first-order valence-corrected chi connectivity index (χ1v) is 7.23. The zero-order chi connectivity index (χ0) is 15.9. The van der Waals surface area contributed by atoms with Crippen LogP contribution < -0.4 is 10.6 Å². The molecule has 22 heavy (non-hydrogen) atoms. The Hall–Kier alpha value is -2.24. The molecule has 0 fully saturated rings. The van der Waals surface area contributed by atoms with E-state index in [4.69, 9.17) is 15.3 Å². The van der Waals surface area contributed by atoms with E-state index in [2.05, 4.69) is 0 Å². The third-order valence-electron chi connectivity index (χ3n) is 3.98. The Balaban J connectivity index is 2.26. The van der Waals surface area contributed by atoms with Crippen LogP contribution in [0.4, 0.5) is 11.4 Å². The number of anilines is 2. The van der Waals surface area contributed by atoms with Crippen LogP contribution in [0, 0.1) is 6.92 Å². The molecular formula is C17H20N2O3. The first-order chi connectivity index (χ1) is 10.5. The van der Waals surface area contributed by atoms with Gasteiger partial charge in [-0.15, -0.1) is 0 Å². The molecular weight excluding hydrogens is 280 g/mol. The van der Waals surface area contributed by atoms with Crippen molar-refractivity contribution >= 4 is 33.3 Å². The van der Waals surface area contributed by atoms with E-state index in [9.17, 15) is 5.11 Å². The third-order valence-corrected chi connectivity index (χ3v) is 3.98. The smallest absolute Gasteiger partial charge is 0.160 e. The van der Waals surface area contributed by atoms with Crippen molar-refractivity contribution in [2.45, 2.75) is 13.0 Å². The van der Waals surface area contributed by atoms with Crippen LogP contribution in [0.1, 0.15) is 5.56 Å². The molecule has 1 aromatic heterocycles. The van der Waals surface area contributed by atoms with Gasteiger partial charge >= 0.3 is 0 Å². The van der Waals surface area contributed by atoms with Gasteiger partial charge in [-0.3, -0.25) is 0 Å². The van der Waals surface area contributed by atoms with E-state index in [1.165, 1.54) is 0 Å². The fourth-order valence-electron chi connectivity index (χ4n) is 2.80. The summed E-state index contributed by atoms with van der Waals surface area (Å²) in [5.74, 6) is 0. The quantitative estimate of drug-likeness (QED) is 0.644. The number of nitrogen functional groups attached to an aromatic ring is 1. The monoisotopic (exact) mass is 300 g/mol. The Morgan fingerprint density at radius 2 is 2.05 bits per heavy atom. The molecule has 0 bridgehead atoms.